The van der Waals surface area contributed by atoms with Crippen molar-refractivity contribution < 1.29 is 0 Å². The average Bonchev–Trinajstić information content (AvgIpc) is 1.94. The van der Waals surface area contributed by atoms with E-state index in [2.05, 4.69) is 24.9 Å². The normalized spacial score (nSPS) is 9.82. The highest BCUT2D eigenvalue weighted by molar-refractivity contribution is 5.41. The van der Waals surface area contributed by atoms with Gasteiger partial charge in [0.2, 0.25) is 0 Å². The van der Waals surface area contributed by atoms with E-state index in [4.69, 9.17) is 0 Å². The van der Waals surface area contributed by atoms with Gasteiger partial charge < -0.3 is 4.90 Å². The Morgan fingerprint density at radius 3 is 2.27 bits per heavy atom. The first-order chi connectivity index (χ1) is 5.11. The molecule has 0 aliphatic carbocycles. The number of nitrogens with zero attached hydrogens (tertiary/aromatic N) is 2. The maximum Gasteiger partial charge on any atom is 0.128 e. The smallest absolute Gasteiger partial charge is 0.128 e. The molecular formula is C9H14N2. The van der Waals surface area contributed by atoms with Crippen molar-refractivity contribution in [3.05, 3.63) is 23.4 Å². The Bertz CT molecular complexity index is 254. The minimum Gasteiger partial charge on any atom is -0.363 e. The van der Waals surface area contributed by atoms with Gasteiger partial charge >= 0.3 is 0 Å². The molecule has 0 N–H and O–H groups in total. The summed E-state index contributed by atoms with van der Waals surface area (Å²) in [6.45, 7) is 4.17. The van der Waals surface area contributed by atoms with Gasteiger partial charge in [-0.15, -0.1) is 0 Å². The van der Waals surface area contributed by atoms with Gasteiger partial charge in [0, 0.05) is 20.3 Å². The van der Waals surface area contributed by atoms with Gasteiger partial charge in [-0.1, -0.05) is 0 Å². The van der Waals surface area contributed by atoms with Crippen molar-refractivity contribution in [3.63, 3.8) is 0 Å². The molecule has 0 fully saturated rings. The third-order valence-corrected chi connectivity index (χ3v) is 1.82. The predicted octanol–water partition coefficient (Wildman–Crippen LogP) is 1.76. The molecule has 11 heavy (non-hydrogen) atoms. The van der Waals surface area contributed by atoms with Gasteiger partial charge in [-0.2, -0.15) is 0 Å². The molecular weight excluding hydrogens is 136 g/mol. The van der Waals surface area contributed by atoms with Crippen molar-refractivity contribution in [2.45, 2.75) is 13.8 Å². The third kappa shape index (κ3) is 1.70. The Labute approximate surface area is 67.9 Å². The maximum absolute atomic E-state index is 4.26. The summed E-state index contributed by atoms with van der Waals surface area (Å²) in [5, 5.41) is 0. The Kier molecular flexibility index (Phi) is 2.13. The average molecular weight is 150 g/mol. The van der Waals surface area contributed by atoms with E-state index in [1.165, 1.54) is 11.1 Å². The van der Waals surface area contributed by atoms with E-state index >= 15 is 0 Å². The van der Waals surface area contributed by atoms with Crippen molar-refractivity contribution in [3.8, 4) is 0 Å². The Morgan fingerprint density at radius 1 is 1.18 bits per heavy atom. The van der Waals surface area contributed by atoms with E-state index in [0.29, 0.717) is 0 Å². The second-order valence-corrected chi connectivity index (χ2v) is 3.02. The van der Waals surface area contributed by atoms with Crippen LogP contribution in [0.4, 0.5) is 5.82 Å². The zero-order chi connectivity index (χ0) is 8.43. The van der Waals surface area contributed by atoms with Crippen molar-refractivity contribution >= 4 is 5.82 Å². The van der Waals surface area contributed by atoms with E-state index in [-0.39, 0.29) is 0 Å². The molecule has 1 heterocycles. The second-order valence-electron chi connectivity index (χ2n) is 3.02. The lowest BCUT2D eigenvalue weighted by Gasteiger charge is -2.11. The molecule has 0 saturated heterocycles. The van der Waals surface area contributed by atoms with Crippen LogP contribution in [-0.2, 0) is 0 Å². The first-order valence-corrected chi connectivity index (χ1v) is 3.72. The molecule has 60 valence electrons. The lowest BCUT2D eigenvalue weighted by Crippen LogP contribution is -2.10. The Morgan fingerprint density at radius 2 is 1.82 bits per heavy atom. The summed E-state index contributed by atoms with van der Waals surface area (Å²) in [5.74, 6) is 1.02. The van der Waals surface area contributed by atoms with Crippen LogP contribution in [-0.4, -0.2) is 19.1 Å². The summed E-state index contributed by atoms with van der Waals surface area (Å²) >= 11 is 0. The van der Waals surface area contributed by atoms with Crippen LogP contribution in [0.15, 0.2) is 12.3 Å². The van der Waals surface area contributed by atoms with Gasteiger partial charge in [-0.05, 0) is 31.0 Å². The highest BCUT2D eigenvalue weighted by Gasteiger charge is 1.97. The van der Waals surface area contributed by atoms with Crippen molar-refractivity contribution in [1.82, 2.24) is 4.98 Å². The molecule has 2 heteroatoms. The molecule has 0 aliphatic heterocycles. The fraction of sp³-hybridized carbons (Fsp3) is 0.444. The number of pyridine rings is 1. The van der Waals surface area contributed by atoms with E-state index < -0.39 is 0 Å². The largest absolute Gasteiger partial charge is 0.363 e. The second kappa shape index (κ2) is 2.91. The number of aryl methyl sites for hydroxylation is 2. The zero-order valence-corrected chi connectivity index (χ0v) is 7.55. The van der Waals surface area contributed by atoms with Crippen LogP contribution in [0.3, 0.4) is 0 Å². The molecule has 1 aromatic rings. The maximum atomic E-state index is 4.26. The summed E-state index contributed by atoms with van der Waals surface area (Å²) in [6.07, 6.45) is 1.91. The molecule has 2 nitrogen and oxygen atoms in total. The van der Waals surface area contributed by atoms with E-state index in [1.807, 2.05) is 25.2 Å². The van der Waals surface area contributed by atoms with E-state index in [0.717, 1.165) is 5.82 Å². The summed E-state index contributed by atoms with van der Waals surface area (Å²) in [5.41, 5.74) is 2.54. The monoisotopic (exact) mass is 150 g/mol. The van der Waals surface area contributed by atoms with Gasteiger partial charge in [-0.3, -0.25) is 0 Å². The molecule has 0 unspecified atom stereocenters. The fourth-order valence-corrected chi connectivity index (χ4v) is 0.854. The summed E-state index contributed by atoms with van der Waals surface area (Å²) < 4.78 is 0. The highest BCUT2D eigenvalue weighted by Crippen LogP contribution is 2.11. The van der Waals surface area contributed by atoms with Crippen LogP contribution in [0.1, 0.15) is 11.1 Å². The number of rotatable bonds is 1. The number of hydrogen-bond acceptors (Lipinski definition) is 2. The van der Waals surface area contributed by atoms with Crippen molar-refractivity contribution in [1.29, 1.82) is 0 Å². The van der Waals surface area contributed by atoms with Gasteiger partial charge in [0.1, 0.15) is 5.82 Å². The molecule has 0 atom stereocenters. The summed E-state index contributed by atoms with van der Waals surface area (Å²) in [4.78, 5) is 6.27. The van der Waals surface area contributed by atoms with Crippen molar-refractivity contribution in [2.24, 2.45) is 0 Å². The van der Waals surface area contributed by atoms with Crippen LogP contribution in [0.25, 0.3) is 0 Å². The van der Waals surface area contributed by atoms with Crippen LogP contribution in [0.5, 0.6) is 0 Å². The summed E-state index contributed by atoms with van der Waals surface area (Å²) in [7, 11) is 3.99. The van der Waals surface area contributed by atoms with Gasteiger partial charge in [-0.25, -0.2) is 4.98 Å². The van der Waals surface area contributed by atoms with Crippen LogP contribution in [0, 0.1) is 13.8 Å². The van der Waals surface area contributed by atoms with Crippen LogP contribution >= 0.6 is 0 Å². The van der Waals surface area contributed by atoms with Gasteiger partial charge in [0.15, 0.2) is 0 Å². The molecule has 0 aliphatic rings. The quantitative estimate of drug-likeness (QED) is 0.606. The molecule has 1 aromatic heterocycles. The molecule has 0 spiro atoms. The highest BCUT2D eigenvalue weighted by atomic mass is 15.1. The molecule has 0 bridgehead atoms. The SMILES string of the molecule is Cc1cnc(N(C)C)cc1C. The molecule has 1 rings (SSSR count). The van der Waals surface area contributed by atoms with Gasteiger partial charge in [0.25, 0.3) is 0 Å². The molecule has 0 aromatic carbocycles. The Hall–Kier alpha value is -1.05. The lowest BCUT2D eigenvalue weighted by atomic mass is 10.2. The van der Waals surface area contributed by atoms with Crippen molar-refractivity contribution in [2.75, 3.05) is 19.0 Å². The third-order valence-electron chi connectivity index (χ3n) is 1.82. The standard InChI is InChI=1S/C9H14N2/c1-7-5-9(11(3)4)10-6-8(7)2/h5-6H,1-4H3. The molecule has 0 radical (unpaired) electrons. The molecule has 0 amide bonds. The minimum atomic E-state index is 1.02. The minimum absolute atomic E-state index is 1.02. The van der Waals surface area contributed by atoms with Crippen LogP contribution < -0.4 is 4.90 Å². The predicted molar refractivity (Wildman–Crippen MR) is 48.0 cm³/mol. The Balaban J connectivity index is 3.05. The number of hydrogen-bond donors (Lipinski definition) is 0. The first kappa shape index (κ1) is 8.05. The number of aromatic nitrogens is 1. The lowest BCUT2D eigenvalue weighted by molar-refractivity contribution is 1.05. The van der Waals surface area contributed by atoms with Gasteiger partial charge in [0.05, 0.1) is 0 Å². The zero-order valence-electron chi connectivity index (χ0n) is 7.55. The van der Waals surface area contributed by atoms with E-state index in [1.54, 1.807) is 0 Å². The first-order valence-electron chi connectivity index (χ1n) is 3.72. The fourth-order valence-electron chi connectivity index (χ4n) is 0.854. The van der Waals surface area contributed by atoms with Crippen LogP contribution in [0.2, 0.25) is 0 Å². The topological polar surface area (TPSA) is 16.1 Å². The summed E-state index contributed by atoms with van der Waals surface area (Å²) in [6, 6.07) is 2.09. The number of anilines is 1. The molecule has 0 saturated carbocycles. The van der Waals surface area contributed by atoms with E-state index in [9.17, 15) is 0 Å².